The Balaban J connectivity index is 0.00000361. The van der Waals surface area contributed by atoms with Crippen molar-refractivity contribution in [2.75, 3.05) is 13.1 Å². The normalized spacial score (nSPS) is 11.2. The predicted molar refractivity (Wildman–Crippen MR) is 81.8 cm³/mol. The van der Waals surface area contributed by atoms with Gasteiger partial charge in [-0.15, -0.1) is 12.4 Å². The molecule has 112 valence electrons. The second-order valence-electron chi connectivity index (χ2n) is 4.69. The Hall–Kier alpha value is -1.59. The zero-order valence-corrected chi connectivity index (χ0v) is 12.8. The van der Waals surface area contributed by atoms with E-state index in [0.29, 0.717) is 0 Å². The number of nitrogens with one attached hydrogen (secondary N) is 2. The average molecular weight is 300 g/mol. The molecule has 0 aromatic heterocycles. The molecule has 0 fully saturated rings. The summed E-state index contributed by atoms with van der Waals surface area (Å²) >= 11 is 0. The van der Waals surface area contributed by atoms with Gasteiger partial charge in [-0.25, -0.2) is 0 Å². The zero-order chi connectivity index (χ0) is 14.4. The first-order valence-electron chi connectivity index (χ1n) is 6.26. The Morgan fingerprint density at radius 2 is 1.70 bits per heavy atom. The summed E-state index contributed by atoms with van der Waals surface area (Å²) in [5.41, 5.74) is 8.51. The number of nitrogens with two attached hydrogens (primary N) is 1. The predicted octanol–water partition coefficient (Wildman–Crippen LogP) is 0.977. The molecule has 1 atom stereocenters. The van der Waals surface area contributed by atoms with Gasteiger partial charge in [-0.05, 0) is 26.3 Å². The highest BCUT2D eigenvalue weighted by atomic mass is 35.5. The molecule has 1 aromatic rings. The number of benzene rings is 1. The van der Waals surface area contributed by atoms with Gasteiger partial charge in [0, 0.05) is 0 Å². The Bertz CT molecular complexity index is 457. The van der Waals surface area contributed by atoms with Crippen LogP contribution in [-0.4, -0.2) is 24.9 Å². The van der Waals surface area contributed by atoms with E-state index in [9.17, 15) is 9.59 Å². The molecule has 20 heavy (non-hydrogen) atoms. The molecule has 0 aliphatic carbocycles. The fourth-order valence-electron chi connectivity index (χ4n) is 1.89. The molecule has 0 bridgehead atoms. The highest BCUT2D eigenvalue weighted by Gasteiger charge is 2.10. The van der Waals surface area contributed by atoms with Crippen LogP contribution in [-0.2, 0) is 9.59 Å². The molecule has 4 N–H and O–H groups in total. The molecule has 5 nitrogen and oxygen atoms in total. The zero-order valence-electron chi connectivity index (χ0n) is 12.0. The maximum Gasteiger partial charge on any atom is 0.239 e. The fourth-order valence-corrected chi connectivity index (χ4v) is 1.89. The van der Waals surface area contributed by atoms with E-state index in [1.807, 2.05) is 32.9 Å². The molecular weight excluding hydrogens is 278 g/mol. The van der Waals surface area contributed by atoms with Crippen molar-refractivity contribution in [3.63, 3.8) is 0 Å². The Morgan fingerprint density at radius 3 is 2.20 bits per heavy atom. The number of halogens is 1. The topological polar surface area (TPSA) is 84.2 Å². The second-order valence-corrected chi connectivity index (χ2v) is 4.69. The molecule has 0 aliphatic heterocycles. The van der Waals surface area contributed by atoms with Gasteiger partial charge in [-0.2, -0.15) is 0 Å². The van der Waals surface area contributed by atoms with E-state index in [0.717, 1.165) is 16.7 Å². The highest BCUT2D eigenvalue weighted by molar-refractivity contribution is 5.85. The lowest BCUT2D eigenvalue weighted by Gasteiger charge is -2.16. The van der Waals surface area contributed by atoms with Gasteiger partial charge < -0.3 is 16.4 Å². The summed E-state index contributed by atoms with van der Waals surface area (Å²) in [4.78, 5) is 22.6. The van der Waals surface area contributed by atoms with E-state index < -0.39 is 0 Å². The lowest BCUT2D eigenvalue weighted by atomic mass is 10.0. The van der Waals surface area contributed by atoms with Gasteiger partial charge in [0.1, 0.15) is 0 Å². The van der Waals surface area contributed by atoms with Crippen molar-refractivity contribution in [2.45, 2.75) is 26.8 Å². The minimum absolute atomic E-state index is 0. The summed E-state index contributed by atoms with van der Waals surface area (Å²) in [5, 5.41) is 5.27. The lowest BCUT2D eigenvalue weighted by Crippen LogP contribution is -2.40. The number of amides is 2. The van der Waals surface area contributed by atoms with E-state index in [-0.39, 0.29) is 43.4 Å². The van der Waals surface area contributed by atoms with Gasteiger partial charge in [-0.3, -0.25) is 9.59 Å². The van der Waals surface area contributed by atoms with Crippen molar-refractivity contribution in [3.8, 4) is 0 Å². The molecule has 0 radical (unpaired) electrons. The minimum atomic E-state index is -0.339. The quantitative estimate of drug-likeness (QED) is 0.758. The van der Waals surface area contributed by atoms with Gasteiger partial charge >= 0.3 is 0 Å². The molecule has 0 aliphatic rings. The van der Waals surface area contributed by atoms with Crippen LogP contribution in [0.4, 0.5) is 0 Å². The summed E-state index contributed by atoms with van der Waals surface area (Å²) in [7, 11) is 0. The number of carbonyl (C=O) groups excluding carboxylic acids is 2. The molecule has 0 saturated carbocycles. The number of aryl methyl sites for hydroxylation is 2. The van der Waals surface area contributed by atoms with Crippen LogP contribution in [0, 0.1) is 13.8 Å². The van der Waals surface area contributed by atoms with Crippen LogP contribution < -0.4 is 16.4 Å². The van der Waals surface area contributed by atoms with Crippen molar-refractivity contribution in [3.05, 3.63) is 34.9 Å². The first-order valence-corrected chi connectivity index (χ1v) is 6.26. The summed E-state index contributed by atoms with van der Waals surface area (Å²) in [6.07, 6.45) is 0. The lowest BCUT2D eigenvalue weighted by molar-refractivity contribution is -0.125. The summed E-state index contributed by atoms with van der Waals surface area (Å²) in [6, 6.07) is 6.06. The highest BCUT2D eigenvalue weighted by Crippen LogP contribution is 2.16. The van der Waals surface area contributed by atoms with Crippen LogP contribution in [0.3, 0.4) is 0 Å². The third-order valence-corrected chi connectivity index (χ3v) is 2.75. The largest absolute Gasteiger partial charge is 0.348 e. The average Bonchev–Trinajstić information content (AvgIpc) is 2.34. The van der Waals surface area contributed by atoms with Gasteiger partial charge in [0.2, 0.25) is 11.8 Å². The van der Waals surface area contributed by atoms with Gasteiger partial charge in [0.15, 0.2) is 0 Å². The third-order valence-electron chi connectivity index (χ3n) is 2.75. The minimum Gasteiger partial charge on any atom is -0.348 e. The standard InChI is InChI=1S/C14H21N3O2.ClH/c1-9-4-10(2)6-12(5-9)11(3)17-14(19)8-16-13(18)7-15;/h4-6,11H,7-8,15H2,1-3H3,(H,16,18)(H,17,19);1H. The summed E-state index contributed by atoms with van der Waals surface area (Å²) in [5.74, 6) is -0.567. The van der Waals surface area contributed by atoms with Crippen molar-refractivity contribution in [1.29, 1.82) is 0 Å². The van der Waals surface area contributed by atoms with Gasteiger partial charge in [0.25, 0.3) is 0 Å². The van der Waals surface area contributed by atoms with Crippen LogP contribution in [0.5, 0.6) is 0 Å². The van der Waals surface area contributed by atoms with Gasteiger partial charge in [0.05, 0.1) is 19.1 Å². The maximum atomic E-state index is 11.7. The molecular formula is C14H22ClN3O2. The van der Waals surface area contributed by atoms with E-state index in [1.165, 1.54) is 0 Å². The SMILES string of the molecule is Cc1cc(C)cc(C(C)NC(=O)CNC(=O)CN)c1.Cl. The molecule has 0 spiro atoms. The van der Waals surface area contributed by atoms with Gasteiger partial charge in [-0.1, -0.05) is 29.3 Å². The summed E-state index contributed by atoms with van der Waals surface area (Å²) < 4.78 is 0. The van der Waals surface area contributed by atoms with E-state index in [1.54, 1.807) is 0 Å². The van der Waals surface area contributed by atoms with E-state index in [4.69, 9.17) is 5.73 Å². The number of hydrogen-bond acceptors (Lipinski definition) is 3. The molecule has 6 heteroatoms. The van der Waals surface area contributed by atoms with Crippen LogP contribution in [0.1, 0.15) is 29.7 Å². The van der Waals surface area contributed by atoms with Crippen LogP contribution in [0.25, 0.3) is 0 Å². The van der Waals surface area contributed by atoms with E-state index >= 15 is 0 Å². The third kappa shape index (κ3) is 6.04. The molecule has 0 saturated heterocycles. The molecule has 1 unspecified atom stereocenters. The van der Waals surface area contributed by atoms with Crippen LogP contribution in [0.15, 0.2) is 18.2 Å². The van der Waals surface area contributed by atoms with Crippen LogP contribution >= 0.6 is 12.4 Å². The number of rotatable bonds is 5. The smallest absolute Gasteiger partial charge is 0.239 e. The Labute approximate surface area is 125 Å². The number of hydrogen-bond donors (Lipinski definition) is 3. The monoisotopic (exact) mass is 299 g/mol. The second kappa shape index (κ2) is 8.55. The molecule has 1 aromatic carbocycles. The van der Waals surface area contributed by atoms with Crippen LogP contribution in [0.2, 0.25) is 0 Å². The summed E-state index contributed by atoms with van der Waals surface area (Å²) in [6.45, 7) is 5.79. The Morgan fingerprint density at radius 1 is 1.15 bits per heavy atom. The van der Waals surface area contributed by atoms with E-state index in [2.05, 4.69) is 16.7 Å². The van der Waals surface area contributed by atoms with Crippen molar-refractivity contribution < 1.29 is 9.59 Å². The first-order chi connectivity index (χ1) is 8.92. The molecule has 0 heterocycles. The van der Waals surface area contributed by atoms with Crippen molar-refractivity contribution >= 4 is 24.2 Å². The fraction of sp³-hybridized carbons (Fsp3) is 0.429. The Kier molecular flexibility index (Phi) is 7.87. The first kappa shape index (κ1) is 18.4. The number of carbonyl (C=O) groups is 2. The molecule has 1 rings (SSSR count). The molecule has 2 amide bonds. The maximum absolute atomic E-state index is 11.7. The van der Waals surface area contributed by atoms with Crippen molar-refractivity contribution in [2.24, 2.45) is 5.73 Å². The van der Waals surface area contributed by atoms with Crippen molar-refractivity contribution in [1.82, 2.24) is 10.6 Å².